The van der Waals surface area contributed by atoms with Crippen LogP contribution >= 0.6 is 34.8 Å². The van der Waals surface area contributed by atoms with Crippen LogP contribution in [0.1, 0.15) is 18.1 Å². The fraction of sp³-hybridized carbons (Fsp3) is 0.182. The first-order valence-corrected chi connectivity index (χ1v) is 10.1. The monoisotopic (exact) mass is 451 g/mol. The Bertz CT molecular complexity index is 978. The minimum Gasteiger partial charge on any atom is -0.508 e. The lowest BCUT2D eigenvalue weighted by Gasteiger charge is -2.16. The number of aromatic hydroxyl groups is 1. The van der Waals surface area contributed by atoms with Crippen LogP contribution in [0.15, 0.2) is 54.6 Å². The summed E-state index contributed by atoms with van der Waals surface area (Å²) in [4.78, 5) is 0. The molecule has 2 N–H and O–H groups in total. The molecule has 3 rings (SSSR count). The van der Waals surface area contributed by atoms with Gasteiger partial charge in [-0.3, -0.25) is 0 Å². The van der Waals surface area contributed by atoms with Gasteiger partial charge in [-0.2, -0.15) is 0 Å². The van der Waals surface area contributed by atoms with E-state index < -0.39 is 0 Å². The van der Waals surface area contributed by atoms with Crippen molar-refractivity contribution in [3.8, 4) is 17.2 Å². The number of halogens is 3. The van der Waals surface area contributed by atoms with Crippen molar-refractivity contribution in [2.24, 2.45) is 0 Å². The summed E-state index contributed by atoms with van der Waals surface area (Å²) in [7, 11) is 0. The summed E-state index contributed by atoms with van der Waals surface area (Å²) in [5, 5.41) is 14.2. The quantitative estimate of drug-likeness (QED) is 0.363. The van der Waals surface area contributed by atoms with Gasteiger partial charge in [0.15, 0.2) is 11.5 Å². The molecule has 0 aliphatic rings. The van der Waals surface area contributed by atoms with Crippen molar-refractivity contribution in [2.75, 3.05) is 11.9 Å². The second-order valence-corrected chi connectivity index (χ2v) is 7.51. The molecule has 0 saturated carbocycles. The molecule has 152 valence electrons. The third kappa shape index (κ3) is 5.86. The molecule has 0 radical (unpaired) electrons. The van der Waals surface area contributed by atoms with Gasteiger partial charge in [-0.15, -0.1) is 0 Å². The molecule has 0 unspecified atom stereocenters. The van der Waals surface area contributed by atoms with Crippen molar-refractivity contribution in [3.63, 3.8) is 0 Å². The van der Waals surface area contributed by atoms with E-state index in [9.17, 15) is 5.11 Å². The number of phenolic OH excluding ortho intramolecular Hbond substituents is 1. The minimum absolute atomic E-state index is 0.222. The number of rotatable bonds is 8. The van der Waals surface area contributed by atoms with Crippen LogP contribution in [0.5, 0.6) is 17.2 Å². The van der Waals surface area contributed by atoms with Crippen LogP contribution in [-0.2, 0) is 13.2 Å². The van der Waals surface area contributed by atoms with Crippen molar-refractivity contribution >= 4 is 40.5 Å². The summed E-state index contributed by atoms with van der Waals surface area (Å²) in [5.74, 6) is 1.25. The summed E-state index contributed by atoms with van der Waals surface area (Å²) in [6, 6.07) is 15.8. The van der Waals surface area contributed by atoms with E-state index in [0.717, 1.165) is 16.8 Å². The Balaban J connectivity index is 1.75. The molecule has 0 spiro atoms. The number of benzene rings is 3. The minimum atomic E-state index is 0.222. The van der Waals surface area contributed by atoms with Crippen molar-refractivity contribution in [1.29, 1.82) is 0 Å². The lowest BCUT2D eigenvalue weighted by molar-refractivity contribution is 0.269. The van der Waals surface area contributed by atoms with E-state index in [-0.39, 0.29) is 12.4 Å². The Hall–Kier alpha value is -2.27. The molecule has 4 nitrogen and oxygen atoms in total. The van der Waals surface area contributed by atoms with Gasteiger partial charge in [0.2, 0.25) is 0 Å². The summed E-state index contributed by atoms with van der Waals surface area (Å²) in [5.41, 5.74) is 2.62. The highest BCUT2D eigenvalue weighted by Gasteiger charge is 2.14. The van der Waals surface area contributed by atoms with E-state index >= 15 is 0 Å². The average Bonchev–Trinajstić information content (AvgIpc) is 2.68. The number of nitrogens with one attached hydrogen (secondary N) is 1. The van der Waals surface area contributed by atoms with Crippen LogP contribution in [-0.4, -0.2) is 11.7 Å². The molecule has 0 saturated heterocycles. The van der Waals surface area contributed by atoms with Gasteiger partial charge in [-0.25, -0.2) is 0 Å². The van der Waals surface area contributed by atoms with Crippen molar-refractivity contribution in [1.82, 2.24) is 0 Å². The molecule has 0 amide bonds. The van der Waals surface area contributed by atoms with E-state index in [1.165, 1.54) is 0 Å². The highest BCUT2D eigenvalue weighted by atomic mass is 35.5. The van der Waals surface area contributed by atoms with Crippen LogP contribution in [0.4, 0.5) is 5.69 Å². The first kappa shape index (κ1) is 21.4. The zero-order valence-electron chi connectivity index (χ0n) is 15.7. The molecule has 3 aromatic carbocycles. The molecule has 0 bridgehead atoms. The van der Waals surface area contributed by atoms with Gasteiger partial charge in [0.25, 0.3) is 0 Å². The van der Waals surface area contributed by atoms with Crippen LogP contribution < -0.4 is 14.8 Å². The topological polar surface area (TPSA) is 50.7 Å². The third-order valence-electron chi connectivity index (χ3n) is 4.12. The first-order chi connectivity index (χ1) is 14.0. The van der Waals surface area contributed by atoms with Gasteiger partial charge in [0.05, 0.1) is 11.6 Å². The molecule has 0 heterocycles. The fourth-order valence-electron chi connectivity index (χ4n) is 2.70. The fourth-order valence-corrected chi connectivity index (χ4v) is 3.45. The molecule has 3 aromatic rings. The van der Waals surface area contributed by atoms with Gasteiger partial charge >= 0.3 is 0 Å². The van der Waals surface area contributed by atoms with Gasteiger partial charge in [0, 0.05) is 27.8 Å². The lowest BCUT2D eigenvalue weighted by atomic mass is 10.2. The van der Waals surface area contributed by atoms with Crippen LogP contribution in [0.25, 0.3) is 0 Å². The SMILES string of the molecule is CCOc1cc(CNc2ccc(O)cc2)cc(Cl)c1OCc1ccc(Cl)cc1Cl. The van der Waals surface area contributed by atoms with Crippen LogP contribution in [0, 0.1) is 0 Å². The Morgan fingerprint density at radius 2 is 1.66 bits per heavy atom. The predicted octanol–water partition coefficient (Wildman–Crippen LogP) is 6.94. The van der Waals surface area contributed by atoms with Crippen molar-refractivity contribution < 1.29 is 14.6 Å². The summed E-state index contributed by atoms with van der Waals surface area (Å²) in [6.45, 7) is 3.15. The van der Waals surface area contributed by atoms with Gasteiger partial charge in [-0.1, -0.05) is 40.9 Å². The Labute approximate surface area is 184 Å². The summed E-state index contributed by atoms with van der Waals surface area (Å²) >= 11 is 18.6. The second-order valence-electron chi connectivity index (χ2n) is 6.26. The van der Waals surface area contributed by atoms with Crippen molar-refractivity contribution in [2.45, 2.75) is 20.1 Å². The Morgan fingerprint density at radius 1 is 0.897 bits per heavy atom. The molecule has 0 fully saturated rings. The molecule has 0 atom stereocenters. The summed E-state index contributed by atoms with van der Waals surface area (Å²) in [6.07, 6.45) is 0. The number of phenols is 1. The van der Waals surface area contributed by atoms with Crippen LogP contribution in [0.2, 0.25) is 15.1 Å². The number of anilines is 1. The number of ether oxygens (including phenoxy) is 2. The molecule has 29 heavy (non-hydrogen) atoms. The largest absolute Gasteiger partial charge is 0.508 e. The highest BCUT2D eigenvalue weighted by Crippen LogP contribution is 2.38. The Morgan fingerprint density at radius 3 is 2.34 bits per heavy atom. The van der Waals surface area contributed by atoms with E-state index in [1.54, 1.807) is 36.4 Å². The highest BCUT2D eigenvalue weighted by molar-refractivity contribution is 6.35. The summed E-state index contributed by atoms with van der Waals surface area (Å²) < 4.78 is 11.7. The Kier molecular flexibility index (Phi) is 7.37. The lowest BCUT2D eigenvalue weighted by Crippen LogP contribution is -2.04. The van der Waals surface area contributed by atoms with Gasteiger partial charge in [0.1, 0.15) is 12.4 Å². The van der Waals surface area contributed by atoms with E-state index in [2.05, 4.69) is 5.32 Å². The standard InChI is InChI=1S/C22H20Cl3NO3/c1-2-28-21-10-14(12-26-17-5-7-18(27)8-6-17)9-20(25)22(21)29-13-15-3-4-16(23)11-19(15)24/h3-11,26-27H,2,12-13H2,1H3. The number of hydrogen-bond donors (Lipinski definition) is 2. The first-order valence-electron chi connectivity index (χ1n) is 9.01. The molecule has 0 aliphatic carbocycles. The van der Waals surface area contributed by atoms with Gasteiger partial charge in [-0.05, 0) is 61.0 Å². The number of hydrogen-bond acceptors (Lipinski definition) is 4. The predicted molar refractivity (Wildman–Crippen MR) is 119 cm³/mol. The molecular weight excluding hydrogens is 433 g/mol. The maximum atomic E-state index is 9.38. The average molecular weight is 453 g/mol. The molecule has 7 heteroatoms. The molecular formula is C22H20Cl3NO3. The molecule has 0 aliphatic heterocycles. The van der Waals surface area contributed by atoms with Gasteiger partial charge < -0.3 is 19.9 Å². The third-order valence-corrected chi connectivity index (χ3v) is 4.99. The second kappa shape index (κ2) is 9.97. The zero-order valence-corrected chi connectivity index (χ0v) is 18.0. The maximum absolute atomic E-state index is 9.38. The molecule has 0 aromatic heterocycles. The van der Waals surface area contributed by atoms with E-state index in [0.29, 0.717) is 39.7 Å². The van der Waals surface area contributed by atoms with Crippen LogP contribution in [0.3, 0.4) is 0 Å². The normalized spacial score (nSPS) is 10.6. The zero-order chi connectivity index (χ0) is 20.8. The van der Waals surface area contributed by atoms with E-state index in [1.807, 2.05) is 25.1 Å². The van der Waals surface area contributed by atoms with E-state index in [4.69, 9.17) is 44.3 Å². The smallest absolute Gasteiger partial charge is 0.180 e. The van der Waals surface area contributed by atoms with Crippen molar-refractivity contribution in [3.05, 3.63) is 80.8 Å². The maximum Gasteiger partial charge on any atom is 0.180 e.